The van der Waals surface area contributed by atoms with Crippen molar-refractivity contribution in [3.63, 3.8) is 0 Å². The molecule has 0 heterocycles. The number of benzene rings is 1. The van der Waals surface area contributed by atoms with Crippen LogP contribution in [-0.2, 0) is 6.42 Å². The Balaban J connectivity index is 3.23. The average molecular weight is 232 g/mol. The molecule has 16 heavy (non-hydrogen) atoms. The van der Waals surface area contributed by atoms with E-state index in [2.05, 4.69) is 4.74 Å². The molecule has 0 aliphatic carbocycles. The summed E-state index contributed by atoms with van der Waals surface area (Å²) in [5.74, 6) is -1.39. The third-order valence-electron chi connectivity index (χ3n) is 2.11. The summed E-state index contributed by atoms with van der Waals surface area (Å²) in [5, 5.41) is 0. The van der Waals surface area contributed by atoms with Gasteiger partial charge in [0, 0.05) is 0 Å². The third-order valence-corrected chi connectivity index (χ3v) is 2.11. The van der Waals surface area contributed by atoms with Gasteiger partial charge in [0.15, 0.2) is 5.78 Å². The Morgan fingerprint density at radius 2 is 2.06 bits per heavy atom. The molecule has 0 saturated heterocycles. The van der Waals surface area contributed by atoms with E-state index in [1.807, 2.05) is 0 Å². The van der Waals surface area contributed by atoms with Crippen LogP contribution in [0.25, 0.3) is 0 Å². The van der Waals surface area contributed by atoms with Crippen molar-refractivity contribution in [1.29, 1.82) is 0 Å². The highest BCUT2D eigenvalue weighted by molar-refractivity contribution is 5.95. The molecule has 2 nitrogen and oxygen atoms in total. The monoisotopic (exact) mass is 232 g/mol. The number of carbonyl (C=O) groups is 1. The first kappa shape index (κ1) is 12.5. The van der Waals surface area contributed by atoms with Gasteiger partial charge in [-0.25, -0.2) is 4.39 Å². The highest BCUT2D eigenvalue weighted by Crippen LogP contribution is 2.23. The Kier molecular flexibility index (Phi) is 3.93. The van der Waals surface area contributed by atoms with Gasteiger partial charge in [0.25, 0.3) is 0 Å². The summed E-state index contributed by atoms with van der Waals surface area (Å²) in [5.41, 5.74) is -0.0432. The predicted molar refractivity (Wildman–Crippen MR) is 52.4 cm³/mol. The molecule has 0 N–H and O–H groups in total. The highest BCUT2D eigenvalue weighted by Gasteiger charge is 2.15. The number of ether oxygens (including phenoxy) is 1. The molecule has 1 rings (SSSR count). The van der Waals surface area contributed by atoms with Crippen molar-refractivity contribution in [3.8, 4) is 5.75 Å². The molecule has 0 aliphatic heterocycles. The fourth-order valence-electron chi connectivity index (χ4n) is 1.34. The van der Waals surface area contributed by atoms with E-state index < -0.39 is 18.2 Å². The summed E-state index contributed by atoms with van der Waals surface area (Å²) < 4.78 is 41.7. The number of carbonyl (C=O) groups excluding carboxylic acids is 1. The second-order valence-electron chi connectivity index (χ2n) is 3.23. The topological polar surface area (TPSA) is 26.3 Å². The van der Waals surface area contributed by atoms with Crippen LogP contribution >= 0.6 is 0 Å². The molecule has 0 fully saturated rings. The van der Waals surface area contributed by atoms with E-state index in [-0.39, 0.29) is 16.9 Å². The van der Waals surface area contributed by atoms with E-state index in [4.69, 9.17) is 0 Å². The standard InChI is InChI=1S/C11H11F3O2/c1-3-7-4-8(16-11(13)14)5-9(6(2)15)10(7)12/h4-5,11H,3H2,1-2H3. The lowest BCUT2D eigenvalue weighted by atomic mass is 10.0. The minimum absolute atomic E-state index is 0.184. The van der Waals surface area contributed by atoms with Crippen molar-refractivity contribution in [3.05, 3.63) is 29.1 Å². The molecule has 5 heteroatoms. The Labute approximate surface area is 91.0 Å². The van der Waals surface area contributed by atoms with Crippen LogP contribution in [0.5, 0.6) is 5.75 Å². The van der Waals surface area contributed by atoms with Crippen LogP contribution in [0.15, 0.2) is 12.1 Å². The Morgan fingerprint density at radius 3 is 2.50 bits per heavy atom. The molecule has 1 aromatic rings. The van der Waals surface area contributed by atoms with Crippen LogP contribution in [0.1, 0.15) is 29.8 Å². The van der Waals surface area contributed by atoms with Gasteiger partial charge in [0.2, 0.25) is 0 Å². The number of hydrogen-bond acceptors (Lipinski definition) is 2. The number of alkyl halides is 2. The number of aryl methyl sites for hydroxylation is 1. The van der Waals surface area contributed by atoms with Gasteiger partial charge in [-0.1, -0.05) is 6.92 Å². The summed E-state index contributed by atoms with van der Waals surface area (Å²) in [4.78, 5) is 11.1. The quantitative estimate of drug-likeness (QED) is 0.745. The second-order valence-corrected chi connectivity index (χ2v) is 3.23. The fraction of sp³-hybridized carbons (Fsp3) is 0.364. The van der Waals surface area contributed by atoms with Crippen molar-refractivity contribution in [2.45, 2.75) is 26.9 Å². The minimum Gasteiger partial charge on any atom is -0.435 e. The van der Waals surface area contributed by atoms with Crippen LogP contribution in [-0.4, -0.2) is 12.4 Å². The van der Waals surface area contributed by atoms with Crippen LogP contribution in [0.2, 0.25) is 0 Å². The normalized spacial score (nSPS) is 10.6. The van der Waals surface area contributed by atoms with Gasteiger partial charge >= 0.3 is 6.61 Å². The zero-order valence-electron chi connectivity index (χ0n) is 8.89. The molecule has 0 aromatic heterocycles. The molecule has 88 valence electrons. The number of ketones is 1. The van der Waals surface area contributed by atoms with Crippen LogP contribution in [0.3, 0.4) is 0 Å². The van der Waals surface area contributed by atoms with Crippen molar-refractivity contribution in [2.24, 2.45) is 0 Å². The van der Waals surface area contributed by atoms with Gasteiger partial charge in [-0.2, -0.15) is 8.78 Å². The van der Waals surface area contributed by atoms with E-state index in [0.29, 0.717) is 6.42 Å². The third kappa shape index (κ3) is 2.74. The molecule has 0 radical (unpaired) electrons. The largest absolute Gasteiger partial charge is 0.435 e. The van der Waals surface area contributed by atoms with Gasteiger partial charge in [-0.05, 0) is 31.0 Å². The first-order chi connectivity index (χ1) is 7.45. The van der Waals surface area contributed by atoms with Gasteiger partial charge in [0.1, 0.15) is 11.6 Å². The van der Waals surface area contributed by atoms with Crippen molar-refractivity contribution in [2.75, 3.05) is 0 Å². The van der Waals surface area contributed by atoms with E-state index in [9.17, 15) is 18.0 Å². The first-order valence-corrected chi connectivity index (χ1v) is 4.73. The maximum Gasteiger partial charge on any atom is 0.387 e. The molecule has 0 atom stereocenters. The molecule has 0 unspecified atom stereocenters. The molecule has 0 saturated carbocycles. The van der Waals surface area contributed by atoms with Crippen molar-refractivity contribution < 1.29 is 22.7 Å². The summed E-state index contributed by atoms with van der Waals surface area (Å²) in [6.45, 7) is -0.159. The smallest absolute Gasteiger partial charge is 0.387 e. The number of Topliss-reactive ketones (excluding diaryl/α,β-unsaturated/α-hetero) is 1. The summed E-state index contributed by atoms with van der Waals surface area (Å²) in [7, 11) is 0. The lowest BCUT2D eigenvalue weighted by Gasteiger charge is -2.09. The summed E-state index contributed by atoms with van der Waals surface area (Å²) in [6.07, 6.45) is 0.298. The van der Waals surface area contributed by atoms with Crippen LogP contribution in [0.4, 0.5) is 13.2 Å². The highest BCUT2D eigenvalue weighted by atomic mass is 19.3. The van der Waals surface area contributed by atoms with Gasteiger partial charge in [-0.3, -0.25) is 4.79 Å². The lowest BCUT2D eigenvalue weighted by Crippen LogP contribution is -2.06. The van der Waals surface area contributed by atoms with Crippen LogP contribution in [0, 0.1) is 5.82 Å². The van der Waals surface area contributed by atoms with Gasteiger partial charge < -0.3 is 4.74 Å². The minimum atomic E-state index is -2.99. The Bertz CT molecular complexity index is 402. The van der Waals surface area contributed by atoms with Crippen LogP contribution < -0.4 is 4.74 Å². The number of halogens is 3. The molecular weight excluding hydrogens is 221 g/mol. The van der Waals surface area contributed by atoms with E-state index in [1.54, 1.807) is 6.92 Å². The molecule has 0 amide bonds. The first-order valence-electron chi connectivity index (χ1n) is 4.73. The predicted octanol–water partition coefficient (Wildman–Crippen LogP) is 3.19. The molecule has 0 aliphatic rings. The van der Waals surface area contributed by atoms with Gasteiger partial charge in [-0.15, -0.1) is 0 Å². The van der Waals surface area contributed by atoms with E-state index >= 15 is 0 Å². The van der Waals surface area contributed by atoms with E-state index in [1.165, 1.54) is 13.0 Å². The molecular formula is C11H11F3O2. The summed E-state index contributed by atoms with van der Waals surface area (Å²) in [6, 6.07) is 2.16. The molecule has 1 aromatic carbocycles. The maximum absolute atomic E-state index is 13.6. The zero-order chi connectivity index (χ0) is 12.3. The van der Waals surface area contributed by atoms with Crippen molar-refractivity contribution >= 4 is 5.78 Å². The Morgan fingerprint density at radius 1 is 1.44 bits per heavy atom. The number of hydrogen-bond donors (Lipinski definition) is 0. The maximum atomic E-state index is 13.6. The van der Waals surface area contributed by atoms with Crippen molar-refractivity contribution in [1.82, 2.24) is 0 Å². The zero-order valence-corrected chi connectivity index (χ0v) is 8.89. The van der Waals surface area contributed by atoms with Gasteiger partial charge in [0.05, 0.1) is 5.56 Å². The summed E-state index contributed by atoms with van der Waals surface area (Å²) >= 11 is 0. The lowest BCUT2D eigenvalue weighted by molar-refractivity contribution is -0.0499. The molecule has 0 bridgehead atoms. The van der Waals surface area contributed by atoms with E-state index in [0.717, 1.165) is 6.07 Å². The second kappa shape index (κ2) is 5.01. The molecule has 0 spiro atoms. The SMILES string of the molecule is CCc1cc(OC(F)F)cc(C(C)=O)c1F. The average Bonchev–Trinajstić information content (AvgIpc) is 2.19. The Hall–Kier alpha value is -1.52. The number of rotatable bonds is 4. The fourth-order valence-corrected chi connectivity index (χ4v) is 1.34.